The molecule has 2 N–H and O–H groups in total. The molecule has 0 spiro atoms. The largest absolute Gasteiger partial charge is 0.355 e. The Bertz CT molecular complexity index is 202. The Morgan fingerprint density at radius 2 is 2.07 bits per heavy atom. The molecule has 1 amide bonds. The van der Waals surface area contributed by atoms with E-state index in [4.69, 9.17) is 0 Å². The van der Waals surface area contributed by atoms with Crippen LogP contribution < -0.4 is 10.6 Å². The van der Waals surface area contributed by atoms with Crippen LogP contribution in [0.25, 0.3) is 0 Å². The zero-order chi connectivity index (χ0) is 11.3. The van der Waals surface area contributed by atoms with Crippen LogP contribution in [0.1, 0.15) is 46.5 Å². The quantitative estimate of drug-likeness (QED) is 0.674. The lowest BCUT2D eigenvalue weighted by atomic mass is 10.1. The summed E-state index contributed by atoms with van der Waals surface area (Å²) >= 11 is 0. The molecule has 1 fully saturated rings. The maximum Gasteiger partial charge on any atom is 0.236 e. The van der Waals surface area contributed by atoms with E-state index >= 15 is 0 Å². The van der Waals surface area contributed by atoms with E-state index in [1.807, 2.05) is 6.92 Å². The van der Waals surface area contributed by atoms with Crippen LogP contribution in [0.2, 0.25) is 0 Å². The molecule has 0 radical (unpaired) electrons. The van der Waals surface area contributed by atoms with Crippen molar-refractivity contribution in [3.63, 3.8) is 0 Å². The summed E-state index contributed by atoms with van der Waals surface area (Å²) < 4.78 is 0. The summed E-state index contributed by atoms with van der Waals surface area (Å²) in [7, 11) is 0. The van der Waals surface area contributed by atoms with Crippen molar-refractivity contribution in [1.82, 2.24) is 10.6 Å². The van der Waals surface area contributed by atoms with E-state index in [1.165, 1.54) is 19.3 Å². The number of hydrogen-bond acceptors (Lipinski definition) is 2. The Balaban J connectivity index is 2.14. The molecule has 0 bridgehead atoms. The molecule has 0 heterocycles. The van der Waals surface area contributed by atoms with E-state index in [-0.39, 0.29) is 11.9 Å². The lowest BCUT2D eigenvalue weighted by Crippen LogP contribution is -2.46. The van der Waals surface area contributed by atoms with Gasteiger partial charge in [0.05, 0.1) is 6.04 Å². The molecular formula is C12H24N2O. The minimum atomic E-state index is -0.0645. The second kappa shape index (κ2) is 6.11. The zero-order valence-corrected chi connectivity index (χ0v) is 10.2. The normalized spacial score (nSPS) is 19.7. The molecule has 1 saturated carbocycles. The number of amides is 1. The molecule has 2 atom stereocenters. The molecule has 0 aliphatic heterocycles. The average molecular weight is 212 g/mol. The van der Waals surface area contributed by atoms with Crippen molar-refractivity contribution < 1.29 is 4.79 Å². The third-order valence-electron chi connectivity index (χ3n) is 2.86. The molecule has 3 nitrogen and oxygen atoms in total. The monoisotopic (exact) mass is 212 g/mol. The van der Waals surface area contributed by atoms with E-state index in [2.05, 4.69) is 24.5 Å². The van der Waals surface area contributed by atoms with Gasteiger partial charge in [0.2, 0.25) is 5.91 Å². The minimum absolute atomic E-state index is 0.0645. The van der Waals surface area contributed by atoms with Crippen molar-refractivity contribution in [3.05, 3.63) is 0 Å². The van der Waals surface area contributed by atoms with Crippen LogP contribution in [0.4, 0.5) is 0 Å². The van der Waals surface area contributed by atoms with Crippen molar-refractivity contribution in [2.45, 2.75) is 58.5 Å². The SMILES string of the molecule is CCCNC(=O)C(C)NC(C)CC1CC1. The van der Waals surface area contributed by atoms with E-state index in [0.29, 0.717) is 6.04 Å². The standard InChI is InChI=1S/C12H24N2O/c1-4-7-13-12(15)10(3)14-9(2)8-11-5-6-11/h9-11,14H,4-8H2,1-3H3,(H,13,15). The first kappa shape index (κ1) is 12.5. The Morgan fingerprint density at radius 1 is 1.40 bits per heavy atom. The van der Waals surface area contributed by atoms with Gasteiger partial charge in [-0.1, -0.05) is 19.8 Å². The molecule has 0 aromatic heterocycles. The lowest BCUT2D eigenvalue weighted by Gasteiger charge is -2.19. The van der Waals surface area contributed by atoms with Gasteiger partial charge in [-0.15, -0.1) is 0 Å². The van der Waals surface area contributed by atoms with E-state index in [9.17, 15) is 4.79 Å². The zero-order valence-electron chi connectivity index (χ0n) is 10.2. The molecule has 0 aromatic carbocycles. The highest BCUT2D eigenvalue weighted by atomic mass is 16.2. The smallest absolute Gasteiger partial charge is 0.236 e. The predicted molar refractivity (Wildman–Crippen MR) is 62.7 cm³/mol. The maximum absolute atomic E-state index is 11.6. The second-order valence-corrected chi connectivity index (χ2v) is 4.76. The number of hydrogen-bond donors (Lipinski definition) is 2. The summed E-state index contributed by atoms with van der Waals surface area (Å²) in [5.74, 6) is 1.04. The fourth-order valence-electron chi connectivity index (χ4n) is 1.83. The van der Waals surface area contributed by atoms with Gasteiger partial charge in [0.25, 0.3) is 0 Å². The fraction of sp³-hybridized carbons (Fsp3) is 0.917. The molecular weight excluding hydrogens is 188 g/mol. The van der Waals surface area contributed by atoms with Gasteiger partial charge >= 0.3 is 0 Å². The van der Waals surface area contributed by atoms with Crippen LogP contribution >= 0.6 is 0 Å². The van der Waals surface area contributed by atoms with Crippen LogP contribution in [0.5, 0.6) is 0 Å². The molecule has 2 unspecified atom stereocenters. The van der Waals surface area contributed by atoms with Gasteiger partial charge in [-0.25, -0.2) is 0 Å². The highest BCUT2D eigenvalue weighted by Gasteiger charge is 2.24. The fourth-order valence-corrected chi connectivity index (χ4v) is 1.83. The highest BCUT2D eigenvalue weighted by molar-refractivity contribution is 5.81. The Kier molecular flexibility index (Phi) is 5.09. The minimum Gasteiger partial charge on any atom is -0.355 e. The van der Waals surface area contributed by atoms with Crippen molar-refractivity contribution in [1.29, 1.82) is 0 Å². The maximum atomic E-state index is 11.6. The predicted octanol–water partition coefficient (Wildman–Crippen LogP) is 1.68. The van der Waals surface area contributed by atoms with Crippen molar-refractivity contribution in [3.8, 4) is 0 Å². The number of carbonyl (C=O) groups is 1. The summed E-state index contributed by atoms with van der Waals surface area (Å²) in [6.07, 6.45) is 4.96. The number of nitrogens with one attached hydrogen (secondary N) is 2. The van der Waals surface area contributed by atoms with Gasteiger partial charge in [0, 0.05) is 12.6 Å². The van der Waals surface area contributed by atoms with Gasteiger partial charge < -0.3 is 10.6 Å². The second-order valence-electron chi connectivity index (χ2n) is 4.76. The molecule has 0 saturated heterocycles. The van der Waals surface area contributed by atoms with Crippen LogP contribution in [-0.4, -0.2) is 24.5 Å². The van der Waals surface area contributed by atoms with E-state index in [0.717, 1.165) is 18.9 Å². The molecule has 88 valence electrons. The molecule has 15 heavy (non-hydrogen) atoms. The van der Waals surface area contributed by atoms with Crippen molar-refractivity contribution >= 4 is 5.91 Å². The van der Waals surface area contributed by atoms with Gasteiger partial charge in [-0.3, -0.25) is 4.79 Å². The Hall–Kier alpha value is -0.570. The average Bonchev–Trinajstić information content (AvgIpc) is 2.97. The lowest BCUT2D eigenvalue weighted by molar-refractivity contribution is -0.122. The summed E-state index contributed by atoms with van der Waals surface area (Å²) in [6.45, 7) is 6.95. The van der Waals surface area contributed by atoms with Gasteiger partial charge in [-0.05, 0) is 32.6 Å². The number of rotatable bonds is 7. The van der Waals surface area contributed by atoms with Gasteiger partial charge in [0.15, 0.2) is 0 Å². The van der Waals surface area contributed by atoms with E-state index in [1.54, 1.807) is 0 Å². The van der Waals surface area contributed by atoms with Crippen LogP contribution in [0.15, 0.2) is 0 Å². The summed E-state index contributed by atoms with van der Waals surface area (Å²) in [4.78, 5) is 11.6. The topological polar surface area (TPSA) is 41.1 Å². The molecule has 0 aromatic rings. The van der Waals surface area contributed by atoms with Crippen LogP contribution in [0, 0.1) is 5.92 Å². The Morgan fingerprint density at radius 3 is 2.60 bits per heavy atom. The van der Waals surface area contributed by atoms with Gasteiger partial charge in [-0.2, -0.15) is 0 Å². The molecule has 1 aliphatic carbocycles. The molecule has 1 aliphatic rings. The first-order valence-corrected chi connectivity index (χ1v) is 6.17. The first-order chi connectivity index (χ1) is 7.13. The number of carbonyl (C=O) groups excluding carboxylic acids is 1. The van der Waals surface area contributed by atoms with E-state index < -0.39 is 0 Å². The first-order valence-electron chi connectivity index (χ1n) is 6.17. The summed E-state index contributed by atoms with van der Waals surface area (Å²) in [6, 6.07) is 0.394. The third-order valence-corrected chi connectivity index (χ3v) is 2.86. The summed E-state index contributed by atoms with van der Waals surface area (Å²) in [5.41, 5.74) is 0. The van der Waals surface area contributed by atoms with Crippen LogP contribution in [0.3, 0.4) is 0 Å². The Labute approximate surface area is 93.0 Å². The third kappa shape index (κ3) is 5.17. The molecule has 3 heteroatoms. The summed E-state index contributed by atoms with van der Waals surface area (Å²) in [5, 5.41) is 6.25. The molecule has 1 rings (SSSR count). The van der Waals surface area contributed by atoms with Gasteiger partial charge in [0.1, 0.15) is 0 Å². The van der Waals surface area contributed by atoms with Crippen LogP contribution in [-0.2, 0) is 4.79 Å². The van der Waals surface area contributed by atoms with Crippen molar-refractivity contribution in [2.24, 2.45) is 5.92 Å². The highest BCUT2D eigenvalue weighted by Crippen LogP contribution is 2.33. The van der Waals surface area contributed by atoms with Crippen molar-refractivity contribution in [2.75, 3.05) is 6.54 Å².